The summed E-state index contributed by atoms with van der Waals surface area (Å²) < 4.78 is 7.26. The Morgan fingerprint density at radius 1 is 1.24 bits per heavy atom. The van der Waals surface area contributed by atoms with Gasteiger partial charge in [-0.1, -0.05) is 13.8 Å². The fourth-order valence-electron chi connectivity index (χ4n) is 3.83. The van der Waals surface area contributed by atoms with Crippen molar-refractivity contribution in [2.75, 3.05) is 30.8 Å². The molecule has 3 heterocycles. The van der Waals surface area contributed by atoms with E-state index < -0.39 is 0 Å². The van der Waals surface area contributed by atoms with Gasteiger partial charge in [0.05, 0.1) is 7.11 Å². The van der Waals surface area contributed by atoms with E-state index in [2.05, 4.69) is 40.9 Å². The molecular weight excluding hydrogens is 364 g/mol. The van der Waals surface area contributed by atoms with E-state index in [0.29, 0.717) is 17.2 Å². The third-order valence-electron chi connectivity index (χ3n) is 5.36. The average molecular weight is 388 g/mol. The minimum absolute atomic E-state index is 0.275. The second kappa shape index (κ2) is 7.13. The molecular formula is C22H24N6O. The first-order valence-corrected chi connectivity index (χ1v) is 9.53. The van der Waals surface area contributed by atoms with Crippen LogP contribution in [0, 0.1) is 16.7 Å². The van der Waals surface area contributed by atoms with Gasteiger partial charge in [-0.05, 0) is 35.6 Å². The number of anilines is 2. The lowest BCUT2D eigenvalue weighted by Crippen LogP contribution is -2.22. The quantitative estimate of drug-likeness (QED) is 0.733. The Labute approximate surface area is 170 Å². The molecule has 1 aliphatic rings. The van der Waals surface area contributed by atoms with E-state index in [9.17, 15) is 5.26 Å². The van der Waals surface area contributed by atoms with Gasteiger partial charge in [0.1, 0.15) is 29.5 Å². The number of hydrogen-bond acceptors (Lipinski definition) is 6. The topological polar surface area (TPSA) is 93.0 Å². The Morgan fingerprint density at radius 3 is 2.69 bits per heavy atom. The lowest BCUT2D eigenvalue weighted by Gasteiger charge is -2.23. The highest BCUT2D eigenvalue weighted by molar-refractivity contribution is 5.79. The van der Waals surface area contributed by atoms with Crippen LogP contribution in [-0.4, -0.2) is 34.7 Å². The fourth-order valence-corrected chi connectivity index (χ4v) is 3.83. The van der Waals surface area contributed by atoms with Gasteiger partial charge < -0.3 is 15.4 Å². The lowest BCUT2D eigenvalue weighted by molar-refractivity contribution is 0.413. The van der Waals surface area contributed by atoms with E-state index in [-0.39, 0.29) is 5.41 Å². The number of benzene rings is 1. The van der Waals surface area contributed by atoms with Crippen LogP contribution in [0.2, 0.25) is 0 Å². The summed E-state index contributed by atoms with van der Waals surface area (Å²) in [5, 5.41) is 9.92. The number of imidazole rings is 1. The van der Waals surface area contributed by atoms with E-state index in [1.54, 1.807) is 36.5 Å². The number of hydrogen-bond donors (Lipinski definition) is 1. The third kappa shape index (κ3) is 3.61. The highest BCUT2D eigenvalue weighted by Crippen LogP contribution is 2.38. The Kier molecular flexibility index (Phi) is 4.63. The van der Waals surface area contributed by atoms with Crippen molar-refractivity contribution >= 4 is 11.5 Å². The van der Waals surface area contributed by atoms with Crippen LogP contribution in [0.1, 0.15) is 25.8 Å². The largest absolute Gasteiger partial charge is 0.497 e. The third-order valence-corrected chi connectivity index (χ3v) is 5.36. The predicted molar refractivity (Wildman–Crippen MR) is 113 cm³/mol. The van der Waals surface area contributed by atoms with Gasteiger partial charge in [0, 0.05) is 42.8 Å². The number of rotatable bonds is 4. The molecule has 1 aliphatic heterocycles. The molecule has 0 radical (unpaired) electrons. The standard InChI is InChI=1S/C22H24N6O/c1-22(2)4-6-27(13-22)16-8-15(9-17(10-16)29-3)18-11-20(24)26-21(19(18)12-23)28-7-5-25-14-28/h5,7-11,14H,4,6,13H2,1-3H3,(H2,24,26). The molecule has 3 aromatic rings. The average Bonchev–Trinajstić information content (AvgIpc) is 3.36. The number of nitrogens with zero attached hydrogens (tertiary/aromatic N) is 5. The number of nitrogens with two attached hydrogens (primary N) is 1. The van der Waals surface area contributed by atoms with Gasteiger partial charge in [-0.2, -0.15) is 5.26 Å². The van der Waals surface area contributed by atoms with Gasteiger partial charge in [0.25, 0.3) is 0 Å². The highest BCUT2D eigenvalue weighted by atomic mass is 16.5. The van der Waals surface area contributed by atoms with E-state index in [1.165, 1.54) is 0 Å². The van der Waals surface area contributed by atoms with Crippen molar-refractivity contribution in [2.45, 2.75) is 20.3 Å². The Bertz CT molecular complexity index is 1080. The van der Waals surface area contributed by atoms with Crippen molar-refractivity contribution in [2.24, 2.45) is 5.41 Å². The first-order chi connectivity index (χ1) is 13.9. The summed E-state index contributed by atoms with van der Waals surface area (Å²) in [6.45, 7) is 6.53. The molecule has 0 saturated carbocycles. The molecule has 7 nitrogen and oxygen atoms in total. The first-order valence-electron chi connectivity index (χ1n) is 9.53. The zero-order valence-corrected chi connectivity index (χ0v) is 16.9. The van der Waals surface area contributed by atoms with Crippen molar-refractivity contribution in [1.82, 2.24) is 14.5 Å². The first kappa shape index (κ1) is 18.8. The summed E-state index contributed by atoms with van der Waals surface area (Å²) in [5.41, 5.74) is 9.49. The molecule has 1 fully saturated rings. The molecule has 1 aromatic carbocycles. The van der Waals surface area contributed by atoms with E-state index in [4.69, 9.17) is 10.5 Å². The van der Waals surface area contributed by atoms with Gasteiger partial charge in [-0.3, -0.25) is 4.57 Å². The number of methoxy groups -OCH3 is 1. The van der Waals surface area contributed by atoms with Crippen LogP contribution in [0.15, 0.2) is 43.0 Å². The number of ether oxygens (including phenoxy) is 1. The second-order valence-electron chi connectivity index (χ2n) is 8.13. The van der Waals surface area contributed by atoms with Crippen LogP contribution in [0.3, 0.4) is 0 Å². The van der Waals surface area contributed by atoms with Gasteiger partial charge in [-0.25, -0.2) is 9.97 Å². The Hall–Kier alpha value is -3.53. The Morgan fingerprint density at radius 2 is 2.07 bits per heavy atom. The zero-order valence-electron chi connectivity index (χ0n) is 16.9. The Balaban J connectivity index is 1.87. The molecule has 1 saturated heterocycles. The summed E-state index contributed by atoms with van der Waals surface area (Å²) in [6.07, 6.45) is 6.13. The summed E-state index contributed by atoms with van der Waals surface area (Å²) >= 11 is 0. The molecule has 2 N–H and O–H groups in total. The molecule has 0 atom stereocenters. The van der Waals surface area contributed by atoms with Crippen LogP contribution in [0.25, 0.3) is 16.9 Å². The van der Waals surface area contributed by atoms with E-state index >= 15 is 0 Å². The highest BCUT2D eigenvalue weighted by Gasteiger charge is 2.30. The van der Waals surface area contributed by atoms with Crippen molar-refractivity contribution in [3.8, 4) is 28.8 Å². The van der Waals surface area contributed by atoms with E-state index in [0.717, 1.165) is 42.1 Å². The maximum atomic E-state index is 9.92. The second-order valence-corrected chi connectivity index (χ2v) is 8.13. The predicted octanol–water partition coefficient (Wildman–Crippen LogP) is 3.63. The van der Waals surface area contributed by atoms with Gasteiger partial charge in [0.15, 0.2) is 5.82 Å². The molecule has 7 heteroatoms. The maximum Gasteiger partial charge on any atom is 0.158 e. The van der Waals surface area contributed by atoms with Crippen LogP contribution in [0.5, 0.6) is 5.75 Å². The smallest absolute Gasteiger partial charge is 0.158 e. The van der Waals surface area contributed by atoms with Crippen LogP contribution < -0.4 is 15.4 Å². The SMILES string of the molecule is COc1cc(-c2cc(N)nc(-n3ccnc3)c2C#N)cc(N2CCC(C)(C)C2)c1. The van der Waals surface area contributed by atoms with Crippen LogP contribution in [-0.2, 0) is 0 Å². The fraction of sp³-hybridized carbons (Fsp3) is 0.318. The minimum Gasteiger partial charge on any atom is -0.497 e. The molecule has 0 spiro atoms. The van der Waals surface area contributed by atoms with Crippen LogP contribution in [0.4, 0.5) is 11.5 Å². The monoisotopic (exact) mass is 388 g/mol. The molecule has 148 valence electrons. The summed E-state index contributed by atoms with van der Waals surface area (Å²) in [6, 6.07) is 10.1. The summed E-state index contributed by atoms with van der Waals surface area (Å²) in [7, 11) is 1.65. The molecule has 4 rings (SSSR count). The van der Waals surface area contributed by atoms with Gasteiger partial charge in [0.2, 0.25) is 0 Å². The van der Waals surface area contributed by atoms with E-state index in [1.807, 2.05) is 12.1 Å². The number of nitrogen functional groups attached to an aromatic ring is 1. The van der Waals surface area contributed by atoms with Crippen molar-refractivity contribution in [3.05, 3.63) is 48.5 Å². The molecule has 0 bridgehead atoms. The molecule has 0 amide bonds. The molecule has 0 unspecified atom stereocenters. The maximum absolute atomic E-state index is 9.92. The number of pyridine rings is 1. The van der Waals surface area contributed by atoms with Gasteiger partial charge >= 0.3 is 0 Å². The van der Waals surface area contributed by atoms with Crippen molar-refractivity contribution in [3.63, 3.8) is 0 Å². The lowest BCUT2D eigenvalue weighted by atomic mass is 9.93. The zero-order chi connectivity index (χ0) is 20.6. The van der Waals surface area contributed by atoms with Crippen molar-refractivity contribution < 1.29 is 4.74 Å². The van der Waals surface area contributed by atoms with Crippen molar-refractivity contribution in [1.29, 1.82) is 5.26 Å². The van der Waals surface area contributed by atoms with Gasteiger partial charge in [-0.15, -0.1) is 0 Å². The molecule has 0 aliphatic carbocycles. The summed E-state index contributed by atoms with van der Waals surface area (Å²) in [4.78, 5) is 10.8. The molecule has 29 heavy (non-hydrogen) atoms. The normalized spacial score (nSPS) is 15.3. The number of nitriles is 1. The number of aromatic nitrogens is 3. The minimum atomic E-state index is 0.275. The molecule has 2 aromatic heterocycles. The van der Waals surface area contributed by atoms with Crippen LogP contribution >= 0.6 is 0 Å². The summed E-state index contributed by atoms with van der Waals surface area (Å²) in [5.74, 6) is 1.55.